The Kier molecular flexibility index (Phi) is 4.04. The number of carbonyl (C=O) groups is 2. The number of fused-ring (bicyclic) bond motifs is 1. The molecule has 0 bridgehead atoms. The third-order valence-corrected chi connectivity index (χ3v) is 4.27. The first-order valence-electron chi connectivity index (χ1n) is 7.35. The van der Waals surface area contributed by atoms with E-state index in [0.29, 0.717) is 30.0 Å². The predicted molar refractivity (Wildman–Crippen MR) is 85.1 cm³/mol. The maximum Gasteiger partial charge on any atom is 0.289 e. The number of likely N-dealkylation sites (tertiary alicyclic amines) is 1. The first-order valence-corrected chi connectivity index (χ1v) is 7.73. The first kappa shape index (κ1) is 15.8. The van der Waals surface area contributed by atoms with Crippen LogP contribution in [0.3, 0.4) is 0 Å². The second kappa shape index (κ2) is 5.86. The molecule has 2 aromatic rings. The highest BCUT2D eigenvalue weighted by molar-refractivity contribution is 6.31. The van der Waals surface area contributed by atoms with Crippen molar-refractivity contribution in [1.82, 2.24) is 4.90 Å². The normalized spacial score (nSPS) is 21.6. The van der Waals surface area contributed by atoms with Crippen LogP contribution in [0, 0.1) is 0 Å². The Bertz CT molecular complexity index is 773. The Morgan fingerprint density at radius 2 is 2.17 bits per heavy atom. The van der Waals surface area contributed by atoms with Crippen LogP contribution >= 0.6 is 11.6 Å². The molecule has 1 aromatic carbocycles. The molecule has 2 heterocycles. The second-order valence-corrected chi connectivity index (χ2v) is 6.43. The van der Waals surface area contributed by atoms with Crippen molar-refractivity contribution in [2.75, 3.05) is 13.1 Å². The number of aliphatic hydroxyl groups is 1. The van der Waals surface area contributed by atoms with Crippen LogP contribution in [0.2, 0.25) is 5.02 Å². The molecule has 6 nitrogen and oxygen atoms in total. The molecular weight excluding hydrogens is 320 g/mol. The lowest BCUT2D eigenvalue weighted by molar-refractivity contribution is -0.125. The lowest BCUT2D eigenvalue weighted by atomic mass is 9.89. The van der Waals surface area contributed by atoms with Crippen molar-refractivity contribution in [2.45, 2.75) is 24.9 Å². The number of halogens is 1. The summed E-state index contributed by atoms with van der Waals surface area (Å²) < 4.78 is 5.56. The zero-order valence-electron chi connectivity index (χ0n) is 12.4. The smallest absolute Gasteiger partial charge is 0.289 e. The number of hydrogen-bond acceptors (Lipinski definition) is 4. The van der Waals surface area contributed by atoms with Gasteiger partial charge in [-0.25, -0.2) is 0 Å². The standard InChI is InChI=1S/C16H17ClN2O4/c17-11-2-3-12-10(6-11)7-13(23-12)15(21)19-5-1-4-16(22,9-19)8-14(18)20/h2-3,6-7,22H,1,4-5,8-9H2,(H2,18,20). The highest BCUT2D eigenvalue weighted by Crippen LogP contribution is 2.28. The number of β-amino-alcohol motifs (C(OH)–C–C–N with tert-alkyl or cyclic N) is 1. The second-order valence-electron chi connectivity index (χ2n) is 5.99. The minimum atomic E-state index is -1.27. The summed E-state index contributed by atoms with van der Waals surface area (Å²) in [5.41, 5.74) is 4.48. The van der Waals surface area contributed by atoms with E-state index in [4.69, 9.17) is 21.8 Å². The van der Waals surface area contributed by atoms with E-state index < -0.39 is 11.5 Å². The fraction of sp³-hybridized carbons (Fsp3) is 0.375. The lowest BCUT2D eigenvalue weighted by Crippen LogP contribution is -2.51. The molecular formula is C16H17ClN2O4. The minimum absolute atomic E-state index is 0.0621. The van der Waals surface area contributed by atoms with Crippen molar-refractivity contribution in [3.63, 3.8) is 0 Å². The number of rotatable bonds is 3. The number of nitrogens with two attached hydrogens (primary N) is 1. The summed E-state index contributed by atoms with van der Waals surface area (Å²) in [6, 6.07) is 6.74. The van der Waals surface area contributed by atoms with Crippen LogP contribution in [0.4, 0.5) is 0 Å². The van der Waals surface area contributed by atoms with E-state index in [1.54, 1.807) is 24.3 Å². The Morgan fingerprint density at radius 3 is 2.91 bits per heavy atom. The van der Waals surface area contributed by atoms with Crippen LogP contribution in [0.1, 0.15) is 29.8 Å². The molecule has 0 radical (unpaired) electrons. The molecule has 1 unspecified atom stereocenters. The van der Waals surface area contributed by atoms with Gasteiger partial charge in [0.1, 0.15) is 5.58 Å². The zero-order chi connectivity index (χ0) is 16.6. The Labute approximate surface area is 137 Å². The fourth-order valence-electron chi connectivity index (χ4n) is 3.03. The van der Waals surface area contributed by atoms with Crippen LogP contribution in [0.15, 0.2) is 28.7 Å². The summed E-state index contributed by atoms with van der Waals surface area (Å²) >= 11 is 5.93. The molecule has 0 saturated carbocycles. The van der Waals surface area contributed by atoms with Gasteiger partial charge in [-0.15, -0.1) is 0 Å². The van der Waals surface area contributed by atoms with Crippen molar-refractivity contribution < 1.29 is 19.1 Å². The van der Waals surface area contributed by atoms with Gasteiger partial charge in [0.25, 0.3) is 5.91 Å². The molecule has 1 aliphatic heterocycles. The minimum Gasteiger partial charge on any atom is -0.451 e. The van der Waals surface area contributed by atoms with Crippen molar-refractivity contribution in [3.8, 4) is 0 Å². The van der Waals surface area contributed by atoms with Crippen LogP contribution in [0.5, 0.6) is 0 Å². The van der Waals surface area contributed by atoms with Gasteiger partial charge in [-0.05, 0) is 37.1 Å². The van der Waals surface area contributed by atoms with Crippen molar-refractivity contribution >= 4 is 34.4 Å². The quantitative estimate of drug-likeness (QED) is 0.895. The summed E-state index contributed by atoms with van der Waals surface area (Å²) in [6.45, 7) is 0.560. The molecule has 122 valence electrons. The molecule has 1 saturated heterocycles. The first-order chi connectivity index (χ1) is 10.9. The van der Waals surface area contributed by atoms with E-state index in [0.717, 1.165) is 5.39 Å². The average molecular weight is 337 g/mol. The summed E-state index contributed by atoms with van der Waals surface area (Å²) in [6.07, 6.45) is 0.879. The Morgan fingerprint density at radius 1 is 1.39 bits per heavy atom. The summed E-state index contributed by atoms with van der Waals surface area (Å²) in [5, 5.41) is 11.7. The van der Waals surface area contributed by atoms with E-state index >= 15 is 0 Å². The molecule has 7 heteroatoms. The lowest BCUT2D eigenvalue weighted by Gasteiger charge is -2.38. The fourth-order valence-corrected chi connectivity index (χ4v) is 3.21. The summed E-state index contributed by atoms with van der Waals surface area (Å²) in [7, 11) is 0. The monoisotopic (exact) mass is 336 g/mol. The number of benzene rings is 1. The maximum absolute atomic E-state index is 12.6. The van der Waals surface area contributed by atoms with E-state index in [1.807, 2.05) is 0 Å². The molecule has 1 fully saturated rings. The van der Waals surface area contributed by atoms with E-state index in [-0.39, 0.29) is 24.6 Å². The zero-order valence-corrected chi connectivity index (χ0v) is 13.2. The molecule has 1 aromatic heterocycles. The molecule has 3 N–H and O–H groups in total. The van der Waals surface area contributed by atoms with Gasteiger partial charge in [0.05, 0.1) is 18.6 Å². The maximum atomic E-state index is 12.6. The van der Waals surface area contributed by atoms with Gasteiger partial charge < -0.3 is 20.2 Å². The van der Waals surface area contributed by atoms with Crippen LogP contribution < -0.4 is 5.73 Å². The summed E-state index contributed by atoms with van der Waals surface area (Å²) in [5.74, 6) is -0.717. The molecule has 3 rings (SSSR count). The molecule has 1 atom stereocenters. The molecule has 0 aliphatic carbocycles. The van der Waals surface area contributed by atoms with Gasteiger partial charge in [0, 0.05) is 17.0 Å². The topological polar surface area (TPSA) is 96.8 Å². The number of carbonyl (C=O) groups excluding carboxylic acids is 2. The Balaban J connectivity index is 1.82. The van der Waals surface area contributed by atoms with Crippen LogP contribution in [-0.4, -0.2) is 40.5 Å². The van der Waals surface area contributed by atoms with Crippen molar-refractivity contribution in [3.05, 3.63) is 35.0 Å². The highest BCUT2D eigenvalue weighted by Gasteiger charge is 2.37. The highest BCUT2D eigenvalue weighted by atomic mass is 35.5. The van der Waals surface area contributed by atoms with E-state index in [2.05, 4.69) is 0 Å². The molecule has 2 amide bonds. The molecule has 1 aliphatic rings. The van der Waals surface area contributed by atoms with Gasteiger partial charge in [0.15, 0.2) is 5.76 Å². The third kappa shape index (κ3) is 3.33. The van der Waals surface area contributed by atoms with Gasteiger partial charge in [-0.3, -0.25) is 9.59 Å². The summed E-state index contributed by atoms with van der Waals surface area (Å²) in [4.78, 5) is 25.2. The number of nitrogens with zero attached hydrogens (tertiary/aromatic N) is 1. The average Bonchev–Trinajstić information content (AvgIpc) is 2.88. The van der Waals surface area contributed by atoms with Gasteiger partial charge in [-0.1, -0.05) is 11.6 Å². The van der Waals surface area contributed by atoms with Gasteiger partial charge >= 0.3 is 0 Å². The predicted octanol–water partition coefficient (Wildman–Crippen LogP) is 1.93. The van der Waals surface area contributed by atoms with Crippen molar-refractivity contribution in [1.29, 1.82) is 0 Å². The van der Waals surface area contributed by atoms with Gasteiger partial charge in [0.2, 0.25) is 5.91 Å². The number of hydrogen-bond donors (Lipinski definition) is 2. The molecule has 0 spiro atoms. The third-order valence-electron chi connectivity index (χ3n) is 4.03. The number of amides is 2. The van der Waals surface area contributed by atoms with Crippen molar-refractivity contribution in [2.24, 2.45) is 5.73 Å². The van der Waals surface area contributed by atoms with Gasteiger partial charge in [-0.2, -0.15) is 0 Å². The Hall–Kier alpha value is -2.05. The van der Waals surface area contributed by atoms with Crippen LogP contribution in [-0.2, 0) is 4.79 Å². The number of furan rings is 1. The molecule has 23 heavy (non-hydrogen) atoms. The van der Waals surface area contributed by atoms with E-state index in [1.165, 1.54) is 4.90 Å². The van der Waals surface area contributed by atoms with Crippen LogP contribution in [0.25, 0.3) is 11.0 Å². The van der Waals surface area contributed by atoms with E-state index in [9.17, 15) is 14.7 Å². The SMILES string of the molecule is NC(=O)CC1(O)CCCN(C(=O)c2cc3cc(Cl)ccc3o2)C1. The largest absolute Gasteiger partial charge is 0.451 e. The number of piperidine rings is 1. The number of primary amides is 1.